The van der Waals surface area contributed by atoms with Gasteiger partial charge in [-0.1, -0.05) is 18.2 Å². The number of nitrogens with zero attached hydrogens (tertiary/aromatic N) is 1. The maximum atomic E-state index is 11.9. The van der Waals surface area contributed by atoms with Crippen LogP contribution < -0.4 is 10.1 Å². The number of esters is 1. The van der Waals surface area contributed by atoms with E-state index in [0.717, 1.165) is 11.5 Å². The van der Waals surface area contributed by atoms with Crippen molar-refractivity contribution in [2.45, 2.75) is 13.8 Å². The number of hydrogen-bond acceptors (Lipinski definition) is 6. The Morgan fingerprint density at radius 2 is 2.00 bits per heavy atom. The van der Waals surface area contributed by atoms with Crippen molar-refractivity contribution in [3.8, 4) is 5.75 Å². The highest BCUT2D eigenvalue weighted by atomic mass is 32.1. The number of aromatic nitrogens is 1. The number of anilines is 1. The number of rotatable bonds is 6. The van der Waals surface area contributed by atoms with Crippen molar-refractivity contribution in [1.29, 1.82) is 0 Å². The number of aryl methyl sites for hydroxylation is 1. The quantitative estimate of drug-likeness (QED) is 0.828. The van der Waals surface area contributed by atoms with Gasteiger partial charge in [0.2, 0.25) is 0 Å². The van der Waals surface area contributed by atoms with Crippen LogP contribution in [0.1, 0.15) is 23.0 Å². The Kier molecular flexibility index (Phi) is 5.48. The van der Waals surface area contributed by atoms with E-state index in [1.165, 1.54) is 0 Å². The topological polar surface area (TPSA) is 77.5 Å². The molecule has 1 heterocycles. The van der Waals surface area contributed by atoms with Crippen LogP contribution in [0.2, 0.25) is 0 Å². The molecule has 1 N–H and O–H groups in total. The summed E-state index contributed by atoms with van der Waals surface area (Å²) in [5.41, 5.74) is 0.822. The largest absolute Gasteiger partial charge is 0.484 e. The smallest absolute Gasteiger partial charge is 0.343 e. The second-order valence-electron chi connectivity index (χ2n) is 4.34. The molecule has 2 rings (SSSR count). The maximum absolute atomic E-state index is 11.9. The van der Waals surface area contributed by atoms with E-state index in [1.807, 2.05) is 18.2 Å². The lowest BCUT2D eigenvalue weighted by molar-refractivity contribution is -0.118. The van der Waals surface area contributed by atoms with Crippen LogP contribution in [-0.4, -0.2) is 29.5 Å². The fourth-order valence-corrected chi connectivity index (χ4v) is 2.53. The van der Waals surface area contributed by atoms with E-state index >= 15 is 0 Å². The van der Waals surface area contributed by atoms with Crippen molar-refractivity contribution in [1.82, 2.24) is 4.37 Å². The second kappa shape index (κ2) is 7.56. The minimum Gasteiger partial charge on any atom is -0.484 e. The fraction of sp³-hybridized carbons (Fsp3) is 0.267. The predicted octanol–water partition coefficient (Wildman–Crippen LogP) is 2.65. The molecule has 22 heavy (non-hydrogen) atoms. The SMILES string of the molecule is CCOC(=O)c1c(C)nsc1NC(=O)COc1ccccc1. The van der Waals surface area contributed by atoms with Crippen molar-refractivity contribution in [2.24, 2.45) is 0 Å². The Morgan fingerprint density at radius 3 is 2.68 bits per heavy atom. The number of carbonyl (C=O) groups is 2. The van der Waals surface area contributed by atoms with Gasteiger partial charge in [0, 0.05) is 0 Å². The number of para-hydroxylation sites is 1. The van der Waals surface area contributed by atoms with Gasteiger partial charge in [0.25, 0.3) is 5.91 Å². The lowest BCUT2D eigenvalue weighted by atomic mass is 10.2. The highest BCUT2D eigenvalue weighted by Gasteiger charge is 2.21. The van der Waals surface area contributed by atoms with E-state index in [1.54, 1.807) is 26.0 Å². The highest BCUT2D eigenvalue weighted by molar-refractivity contribution is 7.11. The number of hydrogen-bond donors (Lipinski definition) is 1. The van der Waals surface area contributed by atoms with E-state index in [2.05, 4.69) is 9.69 Å². The summed E-state index contributed by atoms with van der Waals surface area (Å²) in [5, 5.41) is 3.00. The zero-order valence-corrected chi connectivity index (χ0v) is 13.1. The molecule has 0 bridgehead atoms. The third-order valence-corrected chi connectivity index (χ3v) is 3.56. The summed E-state index contributed by atoms with van der Waals surface area (Å²) in [5.74, 6) is -0.255. The summed E-state index contributed by atoms with van der Waals surface area (Å²) < 4.78 is 14.4. The second-order valence-corrected chi connectivity index (χ2v) is 5.12. The molecule has 116 valence electrons. The lowest BCUT2D eigenvalue weighted by Gasteiger charge is -2.07. The maximum Gasteiger partial charge on any atom is 0.343 e. The van der Waals surface area contributed by atoms with Gasteiger partial charge >= 0.3 is 5.97 Å². The summed E-state index contributed by atoms with van der Waals surface area (Å²) in [6, 6.07) is 9.01. The third kappa shape index (κ3) is 4.05. The van der Waals surface area contributed by atoms with Crippen LogP contribution in [0.25, 0.3) is 0 Å². The van der Waals surface area contributed by atoms with E-state index < -0.39 is 5.97 Å². The number of benzene rings is 1. The minimum absolute atomic E-state index is 0.150. The highest BCUT2D eigenvalue weighted by Crippen LogP contribution is 2.25. The van der Waals surface area contributed by atoms with E-state index in [4.69, 9.17) is 9.47 Å². The summed E-state index contributed by atoms with van der Waals surface area (Å²) in [4.78, 5) is 23.8. The zero-order chi connectivity index (χ0) is 15.9. The average molecular weight is 320 g/mol. The normalized spacial score (nSPS) is 10.1. The van der Waals surface area contributed by atoms with Crippen molar-refractivity contribution in [3.05, 3.63) is 41.6 Å². The van der Waals surface area contributed by atoms with Crippen LogP contribution in [0.15, 0.2) is 30.3 Å². The lowest BCUT2D eigenvalue weighted by Crippen LogP contribution is -2.21. The Morgan fingerprint density at radius 1 is 1.27 bits per heavy atom. The van der Waals surface area contributed by atoms with Crippen molar-refractivity contribution in [3.63, 3.8) is 0 Å². The molecule has 1 aromatic carbocycles. The Balaban J connectivity index is 1.98. The molecule has 0 aliphatic heterocycles. The van der Waals surface area contributed by atoms with E-state index in [-0.39, 0.29) is 19.1 Å². The Labute approximate surface area is 132 Å². The van der Waals surface area contributed by atoms with Gasteiger partial charge in [-0.2, -0.15) is 4.37 Å². The summed E-state index contributed by atoms with van der Waals surface area (Å²) >= 11 is 1.04. The summed E-state index contributed by atoms with van der Waals surface area (Å²) in [6.07, 6.45) is 0. The molecule has 0 radical (unpaired) electrons. The van der Waals surface area contributed by atoms with Crippen LogP contribution in [0, 0.1) is 6.92 Å². The third-order valence-electron chi connectivity index (χ3n) is 2.71. The molecule has 0 unspecified atom stereocenters. The van der Waals surface area contributed by atoms with Gasteiger partial charge in [-0.05, 0) is 37.5 Å². The molecular formula is C15H16N2O4S. The molecule has 0 fully saturated rings. The van der Waals surface area contributed by atoms with Gasteiger partial charge < -0.3 is 14.8 Å². The van der Waals surface area contributed by atoms with Crippen LogP contribution in [0.5, 0.6) is 5.75 Å². The molecule has 0 saturated heterocycles. The molecule has 1 amide bonds. The zero-order valence-electron chi connectivity index (χ0n) is 12.3. The molecule has 7 heteroatoms. The number of nitrogens with one attached hydrogen (secondary N) is 1. The van der Waals surface area contributed by atoms with Crippen LogP contribution in [-0.2, 0) is 9.53 Å². The predicted molar refractivity (Wildman–Crippen MR) is 83.4 cm³/mol. The number of ether oxygens (including phenoxy) is 2. The van der Waals surface area contributed by atoms with Gasteiger partial charge in [-0.25, -0.2) is 4.79 Å². The average Bonchev–Trinajstić information content (AvgIpc) is 2.87. The molecule has 0 aliphatic rings. The van der Waals surface area contributed by atoms with Crippen molar-refractivity contribution >= 4 is 28.4 Å². The molecule has 0 atom stereocenters. The van der Waals surface area contributed by atoms with E-state index in [9.17, 15) is 9.59 Å². The molecule has 0 aliphatic carbocycles. The first-order valence-electron chi connectivity index (χ1n) is 6.73. The summed E-state index contributed by atoms with van der Waals surface area (Å²) in [6.45, 7) is 3.53. The number of carbonyl (C=O) groups excluding carboxylic acids is 2. The number of amides is 1. The Bertz CT molecular complexity index is 655. The molecule has 0 saturated carbocycles. The van der Waals surface area contributed by atoms with Crippen molar-refractivity contribution in [2.75, 3.05) is 18.5 Å². The first-order chi connectivity index (χ1) is 10.6. The first-order valence-corrected chi connectivity index (χ1v) is 7.50. The van der Waals surface area contributed by atoms with Gasteiger partial charge in [-0.3, -0.25) is 4.79 Å². The minimum atomic E-state index is -0.493. The van der Waals surface area contributed by atoms with Gasteiger partial charge in [0.15, 0.2) is 6.61 Å². The van der Waals surface area contributed by atoms with Gasteiger partial charge in [0.1, 0.15) is 16.3 Å². The molecular weight excluding hydrogens is 304 g/mol. The van der Waals surface area contributed by atoms with Crippen LogP contribution in [0.3, 0.4) is 0 Å². The molecule has 2 aromatic rings. The first kappa shape index (κ1) is 16.0. The van der Waals surface area contributed by atoms with Gasteiger partial charge in [0.05, 0.1) is 12.3 Å². The van der Waals surface area contributed by atoms with Gasteiger partial charge in [-0.15, -0.1) is 0 Å². The van der Waals surface area contributed by atoms with Crippen LogP contribution in [0.4, 0.5) is 5.00 Å². The molecule has 6 nitrogen and oxygen atoms in total. The Hall–Kier alpha value is -2.41. The molecule has 0 spiro atoms. The molecule has 1 aromatic heterocycles. The standard InChI is InChI=1S/C15H16N2O4S/c1-3-20-15(19)13-10(2)17-22-14(13)16-12(18)9-21-11-7-5-4-6-8-11/h4-8H,3,9H2,1-2H3,(H,16,18). The monoisotopic (exact) mass is 320 g/mol. The summed E-state index contributed by atoms with van der Waals surface area (Å²) in [7, 11) is 0. The fourth-order valence-electron chi connectivity index (χ4n) is 1.73. The van der Waals surface area contributed by atoms with E-state index in [0.29, 0.717) is 22.0 Å². The van der Waals surface area contributed by atoms with Crippen molar-refractivity contribution < 1.29 is 19.1 Å². The van der Waals surface area contributed by atoms with Crippen LogP contribution >= 0.6 is 11.5 Å².